The van der Waals surface area contributed by atoms with E-state index in [0.717, 1.165) is 37.1 Å². The van der Waals surface area contributed by atoms with Crippen molar-refractivity contribution in [2.24, 2.45) is 5.92 Å². The van der Waals surface area contributed by atoms with Crippen LogP contribution in [0.15, 0.2) is 47.4 Å². The van der Waals surface area contributed by atoms with Gasteiger partial charge in [-0.05, 0) is 61.7 Å². The first kappa shape index (κ1) is 22.7. The van der Waals surface area contributed by atoms with E-state index in [0.29, 0.717) is 17.3 Å². The lowest BCUT2D eigenvalue weighted by Gasteiger charge is -2.32. The summed E-state index contributed by atoms with van der Waals surface area (Å²) in [4.78, 5) is 15.4. The van der Waals surface area contributed by atoms with Crippen LogP contribution in [-0.4, -0.2) is 50.7 Å². The van der Waals surface area contributed by atoms with Crippen LogP contribution in [0, 0.1) is 12.8 Å². The molecule has 1 atom stereocenters. The summed E-state index contributed by atoms with van der Waals surface area (Å²) in [5.41, 5.74) is 2.53. The summed E-state index contributed by atoms with van der Waals surface area (Å²) in [7, 11) is -0.577. The smallest absolute Gasteiger partial charge is 0.242 e. The number of aryl methyl sites for hydroxylation is 1. The van der Waals surface area contributed by atoms with Crippen LogP contribution in [0.3, 0.4) is 0 Å². The normalized spacial score (nSPS) is 17.8. The molecule has 1 amide bonds. The number of likely N-dealkylation sites (tertiary alicyclic amines) is 1. The SMILES string of the molecule is Cc1ccc(S(=O)(=O)N(C)C)cc1NC(=O)[C@@H]1CCCN(Cc2ccc(Cl)cc2)C1. The molecule has 1 aliphatic rings. The number of nitrogens with zero attached hydrogens (tertiary/aromatic N) is 2. The van der Waals surface area contributed by atoms with Crippen molar-refractivity contribution in [3.8, 4) is 0 Å². The molecule has 2 aromatic rings. The molecular formula is C22H28ClN3O3S. The lowest BCUT2D eigenvalue weighted by atomic mass is 9.96. The molecular weight excluding hydrogens is 422 g/mol. The summed E-state index contributed by atoms with van der Waals surface area (Å²) in [5, 5.41) is 3.67. The number of carbonyl (C=O) groups excluding carboxylic acids is 1. The van der Waals surface area contributed by atoms with E-state index in [1.165, 1.54) is 24.5 Å². The molecule has 1 N–H and O–H groups in total. The topological polar surface area (TPSA) is 69.7 Å². The fourth-order valence-corrected chi connectivity index (χ4v) is 4.66. The van der Waals surface area contributed by atoms with E-state index >= 15 is 0 Å². The summed E-state index contributed by atoms with van der Waals surface area (Å²) in [6.45, 7) is 4.25. The fraction of sp³-hybridized carbons (Fsp3) is 0.409. The Morgan fingerprint density at radius 3 is 2.57 bits per heavy atom. The van der Waals surface area contributed by atoms with Crippen LogP contribution in [-0.2, 0) is 21.4 Å². The second-order valence-electron chi connectivity index (χ2n) is 7.95. The van der Waals surface area contributed by atoms with E-state index < -0.39 is 10.0 Å². The minimum absolute atomic E-state index is 0.0710. The van der Waals surface area contributed by atoms with Crippen molar-refractivity contribution >= 4 is 33.2 Å². The van der Waals surface area contributed by atoms with Crippen LogP contribution in [0.4, 0.5) is 5.69 Å². The van der Waals surface area contributed by atoms with Crippen LogP contribution in [0.2, 0.25) is 5.02 Å². The molecule has 0 unspecified atom stereocenters. The number of halogens is 1. The molecule has 0 radical (unpaired) electrons. The van der Waals surface area contributed by atoms with Crippen LogP contribution in [0.25, 0.3) is 0 Å². The summed E-state index contributed by atoms with van der Waals surface area (Å²) >= 11 is 5.96. The zero-order chi connectivity index (χ0) is 21.9. The molecule has 1 heterocycles. The predicted octanol–water partition coefficient (Wildman–Crippen LogP) is 3.75. The molecule has 1 aliphatic heterocycles. The molecule has 30 heavy (non-hydrogen) atoms. The summed E-state index contributed by atoms with van der Waals surface area (Å²) in [6, 6.07) is 12.6. The van der Waals surface area contributed by atoms with E-state index in [1.54, 1.807) is 12.1 Å². The van der Waals surface area contributed by atoms with Gasteiger partial charge < -0.3 is 5.32 Å². The van der Waals surface area contributed by atoms with Gasteiger partial charge in [0.15, 0.2) is 0 Å². The minimum atomic E-state index is -3.56. The van der Waals surface area contributed by atoms with Gasteiger partial charge in [0.2, 0.25) is 15.9 Å². The Kier molecular flexibility index (Phi) is 7.18. The molecule has 0 bridgehead atoms. The molecule has 0 spiro atoms. The van der Waals surface area contributed by atoms with Crippen LogP contribution in [0.5, 0.6) is 0 Å². The van der Waals surface area contributed by atoms with Crippen molar-refractivity contribution in [2.45, 2.75) is 31.2 Å². The first-order chi connectivity index (χ1) is 14.2. The number of amides is 1. The Morgan fingerprint density at radius 2 is 1.90 bits per heavy atom. The second kappa shape index (κ2) is 9.47. The minimum Gasteiger partial charge on any atom is -0.326 e. The van der Waals surface area contributed by atoms with Crippen molar-refractivity contribution in [3.63, 3.8) is 0 Å². The Morgan fingerprint density at radius 1 is 1.20 bits per heavy atom. The van der Waals surface area contributed by atoms with Gasteiger partial charge in [0.25, 0.3) is 0 Å². The van der Waals surface area contributed by atoms with E-state index in [4.69, 9.17) is 11.6 Å². The molecule has 0 saturated carbocycles. The van der Waals surface area contributed by atoms with E-state index in [-0.39, 0.29) is 16.7 Å². The summed E-state index contributed by atoms with van der Waals surface area (Å²) in [5.74, 6) is -0.210. The Labute approximate surface area is 183 Å². The number of piperidine rings is 1. The molecule has 1 saturated heterocycles. The zero-order valence-corrected chi connectivity index (χ0v) is 19.1. The van der Waals surface area contributed by atoms with Crippen molar-refractivity contribution in [2.75, 3.05) is 32.5 Å². The van der Waals surface area contributed by atoms with Gasteiger partial charge in [-0.1, -0.05) is 29.8 Å². The highest BCUT2D eigenvalue weighted by molar-refractivity contribution is 7.89. The molecule has 0 aromatic heterocycles. The van der Waals surface area contributed by atoms with Crippen LogP contribution < -0.4 is 5.32 Å². The number of benzene rings is 2. The van der Waals surface area contributed by atoms with Crippen LogP contribution >= 0.6 is 11.6 Å². The second-order valence-corrected chi connectivity index (χ2v) is 10.5. The first-order valence-corrected chi connectivity index (χ1v) is 11.8. The Hall–Kier alpha value is -1.93. The van der Waals surface area contributed by atoms with Crippen molar-refractivity contribution < 1.29 is 13.2 Å². The molecule has 6 nitrogen and oxygen atoms in total. The van der Waals surface area contributed by atoms with Gasteiger partial charge in [-0.15, -0.1) is 0 Å². The first-order valence-electron chi connectivity index (χ1n) is 9.97. The Balaban J connectivity index is 1.69. The van der Waals surface area contributed by atoms with Gasteiger partial charge in [-0.25, -0.2) is 12.7 Å². The summed E-state index contributed by atoms with van der Waals surface area (Å²) < 4.78 is 26.0. The fourth-order valence-electron chi connectivity index (χ4n) is 3.60. The van der Waals surface area contributed by atoms with E-state index in [9.17, 15) is 13.2 Å². The van der Waals surface area contributed by atoms with Gasteiger partial charge in [0, 0.05) is 37.9 Å². The molecule has 1 fully saturated rings. The van der Waals surface area contributed by atoms with Crippen LogP contribution in [0.1, 0.15) is 24.0 Å². The third-order valence-corrected chi connectivity index (χ3v) is 7.50. The standard InChI is InChI=1S/C22H28ClN3O3S/c1-16-6-11-20(30(28,29)25(2)3)13-21(16)24-22(27)18-5-4-12-26(15-18)14-17-7-9-19(23)10-8-17/h6-11,13,18H,4-5,12,14-15H2,1-3H3,(H,24,27)/t18-/m1/s1. The molecule has 2 aromatic carbocycles. The monoisotopic (exact) mass is 449 g/mol. The van der Waals surface area contributed by atoms with Crippen molar-refractivity contribution in [1.82, 2.24) is 9.21 Å². The largest absolute Gasteiger partial charge is 0.326 e. The maximum atomic E-state index is 12.9. The Bertz CT molecular complexity index is 1010. The third-order valence-electron chi connectivity index (χ3n) is 5.44. The molecule has 0 aliphatic carbocycles. The van der Waals surface area contributed by atoms with Gasteiger partial charge in [-0.3, -0.25) is 9.69 Å². The maximum absolute atomic E-state index is 12.9. The average molecular weight is 450 g/mol. The lowest BCUT2D eigenvalue weighted by molar-refractivity contribution is -0.121. The highest BCUT2D eigenvalue weighted by atomic mass is 35.5. The number of sulfonamides is 1. The lowest BCUT2D eigenvalue weighted by Crippen LogP contribution is -2.40. The van der Waals surface area contributed by atoms with Gasteiger partial charge in [-0.2, -0.15) is 0 Å². The third kappa shape index (κ3) is 5.40. The number of rotatable bonds is 6. The number of hydrogen-bond donors (Lipinski definition) is 1. The number of nitrogens with one attached hydrogen (secondary N) is 1. The van der Waals surface area contributed by atoms with Crippen molar-refractivity contribution in [3.05, 3.63) is 58.6 Å². The van der Waals surface area contributed by atoms with E-state index in [1.807, 2.05) is 31.2 Å². The summed E-state index contributed by atoms with van der Waals surface area (Å²) in [6.07, 6.45) is 1.76. The quantitative estimate of drug-likeness (QED) is 0.729. The highest BCUT2D eigenvalue weighted by Gasteiger charge is 2.27. The predicted molar refractivity (Wildman–Crippen MR) is 120 cm³/mol. The molecule has 3 rings (SSSR count). The number of anilines is 1. The van der Waals surface area contributed by atoms with Crippen molar-refractivity contribution in [1.29, 1.82) is 0 Å². The number of carbonyl (C=O) groups is 1. The van der Waals surface area contributed by atoms with Gasteiger partial charge >= 0.3 is 0 Å². The average Bonchev–Trinajstić information content (AvgIpc) is 2.71. The van der Waals surface area contributed by atoms with Gasteiger partial charge in [0.1, 0.15) is 0 Å². The highest BCUT2D eigenvalue weighted by Crippen LogP contribution is 2.25. The maximum Gasteiger partial charge on any atom is 0.242 e. The molecule has 8 heteroatoms. The number of hydrogen-bond acceptors (Lipinski definition) is 4. The zero-order valence-electron chi connectivity index (χ0n) is 17.6. The van der Waals surface area contributed by atoms with E-state index in [2.05, 4.69) is 10.2 Å². The molecule has 162 valence electrons. The van der Waals surface area contributed by atoms with Gasteiger partial charge in [0.05, 0.1) is 10.8 Å².